The lowest BCUT2D eigenvalue weighted by atomic mass is 9.98. The Kier molecular flexibility index (Phi) is 4.39. The fourth-order valence-electron chi connectivity index (χ4n) is 3.01. The van der Waals surface area contributed by atoms with E-state index in [9.17, 15) is 4.79 Å². The normalized spacial score (nSPS) is 14.1. The highest BCUT2D eigenvalue weighted by Crippen LogP contribution is 2.28. The maximum absolute atomic E-state index is 12.4. The van der Waals surface area contributed by atoms with Crippen molar-refractivity contribution in [3.63, 3.8) is 0 Å². The maximum Gasteiger partial charge on any atom is 0.233 e. The second-order valence-electron chi connectivity index (χ2n) is 6.35. The lowest BCUT2D eigenvalue weighted by Gasteiger charge is -2.37. The molecule has 0 aliphatic carbocycles. The van der Waals surface area contributed by atoms with Crippen molar-refractivity contribution >= 4 is 5.91 Å². The highest BCUT2D eigenvalue weighted by molar-refractivity contribution is 5.79. The van der Waals surface area contributed by atoms with Crippen LogP contribution in [0.1, 0.15) is 17.4 Å². The molecule has 6 nitrogen and oxygen atoms in total. The summed E-state index contributed by atoms with van der Waals surface area (Å²) >= 11 is 0. The first-order valence-electron chi connectivity index (χ1n) is 8.52. The van der Waals surface area contributed by atoms with E-state index in [0.717, 1.165) is 16.9 Å². The fraction of sp³-hybridized carbons (Fsp3) is 0.250. The van der Waals surface area contributed by atoms with Crippen molar-refractivity contribution in [1.82, 2.24) is 15.0 Å². The number of hydrogen-bond acceptors (Lipinski definition) is 5. The SMILES string of the molecule is COc1cccc(CC(=O)N2CC(c3nc(-c4ccccc4)no3)C2)c1. The minimum absolute atomic E-state index is 0.0947. The average Bonchev–Trinajstić information content (AvgIpc) is 3.11. The van der Waals surface area contributed by atoms with Crippen molar-refractivity contribution in [2.75, 3.05) is 20.2 Å². The van der Waals surface area contributed by atoms with E-state index >= 15 is 0 Å². The van der Waals surface area contributed by atoms with E-state index in [4.69, 9.17) is 9.26 Å². The molecule has 0 spiro atoms. The van der Waals surface area contributed by atoms with Crippen molar-refractivity contribution in [3.05, 3.63) is 66.1 Å². The van der Waals surface area contributed by atoms with Crippen LogP contribution in [0.15, 0.2) is 59.1 Å². The van der Waals surface area contributed by atoms with Gasteiger partial charge in [0.15, 0.2) is 0 Å². The number of amides is 1. The molecule has 0 bridgehead atoms. The van der Waals surface area contributed by atoms with E-state index in [0.29, 0.717) is 31.2 Å². The third-order valence-corrected chi connectivity index (χ3v) is 4.55. The molecule has 0 atom stereocenters. The summed E-state index contributed by atoms with van der Waals surface area (Å²) in [7, 11) is 1.62. The van der Waals surface area contributed by atoms with E-state index in [-0.39, 0.29) is 11.8 Å². The van der Waals surface area contributed by atoms with Crippen LogP contribution in [0, 0.1) is 0 Å². The Morgan fingerprint density at radius 2 is 2.00 bits per heavy atom. The Morgan fingerprint density at radius 3 is 2.77 bits per heavy atom. The van der Waals surface area contributed by atoms with Gasteiger partial charge in [0, 0.05) is 18.7 Å². The number of benzene rings is 2. The Hall–Kier alpha value is -3.15. The Labute approximate surface area is 151 Å². The van der Waals surface area contributed by atoms with E-state index < -0.39 is 0 Å². The number of likely N-dealkylation sites (tertiary alicyclic amines) is 1. The van der Waals surface area contributed by atoms with E-state index in [1.807, 2.05) is 59.5 Å². The number of carbonyl (C=O) groups is 1. The van der Waals surface area contributed by atoms with Gasteiger partial charge in [-0.25, -0.2) is 0 Å². The fourth-order valence-corrected chi connectivity index (χ4v) is 3.01. The molecule has 0 radical (unpaired) electrons. The molecule has 1 aliphatic rings. The zero-order valence-corrected chi connectivity index (χ0v) is 14.5. The molecule has 1 amide bonds. The highest BCUT2D eigenvalue weighted by Gasteiger charge is 2.35. The molecule has 1 saturated heterocycles. The van der Waals surface area contributed by atoms with Gasteiger partial charge in [-0.1, -0.05) is 47.6 Å². The van der Waals surface area contributed by atoms with Crippen molar-refractivity contribution in [1.29, 1.82) is 0 Å². The first kappa shape index (κ1) is 16.3. The minimum Gasteiger partial charge on any atom is -0.497 e. The molecule has 1 aliphatic heterocycles. The van der Waals surface area contributed by atoms with Gasteiger partial charge in [0.25, 0.3) is 0 Å². The average molecular weight is 349 g/mol. The molecule has 6 heteroatoms. The predicted octanol–water partition coefficient (Wildman–Crippen LogP) is 2.91. The first-order valence-corrected chi connectivity index (χ1v) is 8.52. The van der Waals surface area contributed by atoms with Crippen LogP contribution in [0.4, 0.5) is 0 Å². The lowest BCUT2D eigenvalue weighted by Crippen LogP contribution is -2.49. The number of nitrogens with zero attached hydrogens (tertiary/aromatic N) is 3. The van der Waals surface area contributed by atoms with Gasteiger partial charge in [-0.2, -0.15) is 4.98 Å². The van der Waals surface area contributed by atoms with E-state index in [1.54, 1.807) is 7.11 Å². The first-order chi connectivity index (χ1) is 12.7. The second kappa shape index (κ2) is 7.00. The summed E-state index contributed by atoms with van der Waals surface area (Å²) in [6.45, 7) is 1.22. The Balaban J connectivity index is 1.35. The molecule has 26 heavy (non-hydrogen) atoms. The summed E-state index contributed by atoms with van der Waals surface area (Å²) < 4.78 is 10.6. The lowest BCUT2D eigenvalue weighted by molar-refractivity contribution is -0.135. The summed E-state index contributed by atoms with van der Waals surface area (Å²) in [5, 5.41) is 4.04. The molecular weight excluding hydrogens is 330 g/mol. The van der Waals surface area contributed by atoms with Crippen molar-refractivity contribution in [3.8, 4) is 17.1 Å². The van der Waals surface area contributed by atoms with Gasteiger partial charge in [-0.15, -0.1) is 0 Å². The van der Waals surface area contributed by atoms with Gasteiger partial charge in [0.1, 0.15) is 5.75 Å². The molecule has 132 valence electrons. The summed E-state index contributed by atoms with van der Waals surface area (Å²) in [6.07, 6.45) is 0.364. The number of hydrogen-bond donors (Lipinski definition) is 0. The monoisotopic (exact) mass is 349 g/mol. The van der Waals surface area contributed by atoms with Crippen molar-refractivity contribution < 1.29 is 14.1 Å². The van der Waals surface area contributed by atoms with Gasteiger partial charge in [0.2, 0.25) is 17.6 Å². The van der Waals surface area contributed by atoms with Gasteiger partial charge < -0.3 is 14.2 Å². The molecule has 2 heterocycles. The Morgan fingerprint density at radius 1 is 1.19 bits per heavy atom. The zero-order chi connectivity index (χ0) is 17.9. The topological polar surface area (TPSA) is 68.5 Å². The number of ether oxygens (including phenoxy) is 1. The molecule has 0 saturated carbocycles. The van der Waals surface area contributed by atoms with Crippen LogP contribution in [-0.4, -0.2) is 41.1 Å². The van der Waals surface area contributed by atoms with Crippen LogP contribution in [0.3, 0.4) is 0 Å². The molecule has 0 unspecified atom stereocenters. The minimum atomic E-state index is 0.0947. The molecule has 1 fully saturated rings. The van der Waals surface area contributed by atoms with Crippen molar-refractivity contribution in [2.24, 2.45) is 0 Å². The highest BCUT2D eigenvalue weighted by atomic mass is 16.5. The predicted molar refractivity (Wildman–Crippen MR) is 95.8 cm³/mol. The summed E-state index contributed by atoms with van der Waals surface area (Å²) in [5.74, 6) is 2.14. The number of rotatable bonds is 5. The quantitative estimate of drug-likeness (QED) is 0.708. The van der Waals surface area contributed by atoms with Crippen LogP contribution in [0.25, 0.3) is 11.4 Å². The third-order valence-electron chi connectivity index (χ3n) is 4.55. The smallest absolute Gasteiger partial charge is 0.233 e. The molecule has 3 aromatic rings. The molecule has 2 aromatic carbocycles. The number of carbonyl (C=O) groups excluding carboxylic acids is 1. The largest absolute Gasteiger partial charge is 0.497 e. The van der Waals surface area contributed by atoms with Gasteiger partial charge in [-0.3, -0.25) is 4.79 Å². The molecule has 1 aromatic heterocycles. The Bertz CT molecular complexity index is 901. The molecule has 4 rings (SSSR count). The summed E-state index contributed by atoms with van der Waals surface area (Å²) in [4.78, 5) is 18.7. The second-order valence-corrected chi connectivity index (χ2v) is 6.35. The number of methoxy groups -OCH3 is 1. The maximum atomic E-state index is 12.4. The zero-order valence-electron chi connectivity index (χ0n) is 14.5. The van der Waals surface area contributed by atoms with Crippen LogP contribution in [0.5, 0.6) is 5.75 Å². The van der Waals surface area contributed by atoms with Gasteiger partial charge >= 0.3 is 0 Å². The van der Waals surface area contributed by atoms with Crippen LogP contribution in [-0.2, 0) is 11.2 Å². The van der Waals surface area contributed by atoms with Gasteiger partial charge in [0.05, 0.1) is 19.4 Å². The van der Waals surface area contributed by atoms with Crippen molar-refractivity contribution in [2.45, 2.75) is 12.3 Å². The van der Waals surface area contributed by atoms with Crippen LogP contribution < -0.4 is 4.74 Å². The van der Waals surface area contributed by atoms with E-state index in [2.05, 4.69) is 10.1 Å². The van der Waals surface area contributed by atoms with E-state index in [1.165, 1.54) is 0 Å². The molecule has 0 N–H and O–H groups in total. The molecular formula is C20H19N3O3. The summed E-state index contributed by atoms with van der Waals surface area (Å²) in [5.41, 5.74) is 1.87. The van der Waals surface area contributed by atoms with Crippen LogP contribution in [0.2, 0.25) is 0 Å². The van der Waals surface area contributed by atoms with Gasteiger partial charge in [-0.05, 0) is 17.7 Å². The summed E-state index contributed by atoms with van der Waals surface area (Å²) in [6, 6.07) is 17.3. The number of aromatic nitrogens is 2. The third kappa shape index (κ3) is 3.31. The van der Waals surface area contributed by atoms with Crippen LogP contribution >= 0.6 is 0 Å². The standard InChI is InChI=1S/C20H19N3O3/c1-25-17-9-5-6-14(10-17)11-18(24)23-12-16(13-23)20-21-19(22-26-20)15-7-3-2-4-8-15/h2-10,16H,11-13H2,1H3.